The van der Waals surface area contributed by atoms with Crippen LogP contribution >= 0.6 is 0 Å². The Morgan fingerprint density at radius 2 is 1.64 bits per heavy atom. The van der Waals surface area contributed by atoms with Crippen LogP contribution in [0.25, 0.3) is 11.2 Å². The largest absolute Gasteiger partial charge is 0.390 e. The highest BCUT2D eigenvalue weighted by molar-refractivity contribution is 5.85. The third-order valence-electron chi connectivity index (χ3n) is 8.32. The van der Waals surface area contributed by atoms with Crippen LogP contribution in [-0.2, 0) is 9.53 Å². The van der Waals surface area contributed by atoms with Crippen molar-refractivity contribution in [2.24, 2.45) is 0 Å². The molecule has 1 saturated carbocycles. The monoisotopic (exact) mass is 603 g/mol. The Balaban J connectivity index is 1.36. The number of aliphatic hydroxyl groups is 4. The van der Waals surface area contributed by atoms with E-state index in [2.05, 4.69) is 50.2 Å². The number of fused-ring (bicyclic) bond motifs is 1. The lowest BCUT2D eigenvalue weighted by Gasteiger charge is -2.21. The molecule has 4 aromatic rings. The van der Waals surface area contributed by atoms with E-state index in [4.69, 9.17) is 9.72 Å². The van der Waals surface area contributed by atoms with Crippen LogP contribution in [0.15, 0.2) is 67.0 Å². The second-order valence-corrected chi connectivity index (χ2v) is 11.2. The van der Waals surface area contributed by atoms with E-state index in [-0.39, 0.29) is 17.5 Å². The van der Waals surface area contributed by atoms with Gasteiger partial charge in [0.05, 0.1) is 24.6 Å². The van der Waals surface area contributed by atoms with E-state index < -0.39 is 48.7 Å². The minimum atomic E-state index is -1.46. The highest BCUT2D eigenvalue weighted by Gasteiger charge is 2.47. The molecule has 6 rings (SSSR count). The summed E-state index contributed by atoms with van der Waals surface area (Å²) in [5.74, 6) is 0.00581. The predicted octanol–water partition coefficient (Wildman–Crippen LogP) is 1.12. The van der Waals surface area contributed by atoms with Gasteiger partial charge in [-0.3, -0.25) is 9.36 Å². The number of nitrogens with zero attached hydrogens (tertiary/aromatic N) is 4. The average Bonchev–Trinajstić information content (AvgIpc) is 3.69. The zero-order valence-electron chi connectivity index (χ0n) is 24.2. The number of aromatic nitrogens is 4. The van der Waals surface area contributed by atoms with Crippen LogP contribution in [-0.4, -0.2) is 95.5 Å². The van der Waals surface area contributed by atoms with Crippen molar-refractivity contribution in [3.8, 4) is 0 Å². The minimum absolute atomic E-state index is 0.0271. The lowest BCUT2D eigenvalue weighted by Crippen LogP contribution is -2.42. The van der Waals surface area contributed by atoms with Gasteiger partial charge in [0.25, 0.3) is 5.91 Å². The predicted molar refractivity (Wildman–Crippen MR) is 162 cm³/mol. The van der Waals surface area contributed by atoms with E-state index >= 15 is 0 Å². The fourth-order valence-corrected chi connectivity index (χ4v) is 5.95. The second kappa shape index (κ2) is 12.8. The summed E-state index contributed by atoms with van der Waals surface area (Å²) >= 11 is 0. The van der Waals surface area contributed by atoms with Crippen LogP contribution in [0, 0.1) is 0 Å². The Hall–Kier alpha value is -4.14. The van der Waals surface area contributed by atoms with E-state index in [1.54, 1.807) is 6.92 Å². The average molecular weight is 604 g/mol. The fourth-order valence-electron chi connectivity index (χ4n) is 5.95. The van der Waals surface area contributed by atoms with Crippen LogP contribution in [0.3, 0.4) is 0 Å². The molecule has 7 N–H and O–H groups in total. The van der Waals surface area contributed by atoms with Crippen molar-refractivity contribution < 1.29 is 30.0 Å². The number of benzene rings is 2. The number of imidazole rings is 1. The van der Waals surface area contributed by atoms with E-state index in [1.165, 1.54) is 10.9 Å². The number of hydrogen-bond acceptors (Lipinski definition) is 11. The van der Waals surface area contributed by atoms with Crippen LogP contribution in [0.2, 0.25) is 0 Å². The van der Waals surface area contributed by atoms with Crippen LogP contribution in [0.4, 0.5) is 11.8 Å². The number of hydrogen-bond donors (Lipinski definition) is 7. The molecule has 13 heteroatoms. The summed E-state index contributed by atoms with van der Waals surface area (Å²) in [5.41, 5.74) is 2.88. The molecule has 2 aromatic carbocycles. The smallest absolute Gasteiger partial charge is 0.252 e. The van der Waals surface area contributed by atoms with Crippen molar-refractivity contribution in [1.29, 1.82) is 0 Å². The molecule has 2 aliphatic rings. The molecule has 3 heterocycles. The highest BCUT2D eigenvalue weighted by atomic mass is 16.6. The van der Waals surface area contributed by atoms with E-state index in [0.29, 0.717) is 37.3 Å². The number of likely N-dealkylation sites (N-methyl/N-ethyl adjacent to an activating group) is 1. The molecular weight excluding hydrogens is 566 g/mol. The van der Waals surface area contributed by atoms with Crippen LogP contribution in [0.1, 0.15) is 43.0 Å². The van der Waals surface area contributed by atoms with Gasteiger partial charge < -0.3 is 41.1 Å². The molecular formula is C31H37N7O6. The SMILES string of the molecule is CCNC(=O)[C@H]1O[C@H](n2cnc3c(NCC(c4ccccc4)c4ccccc4)nc(NC4CCC(O)C4O)nc32)[C@@H](O)[C@H]1O. The molecule has 2 aromatic heterocycles. The molecule has 7 atom stereocenters. The summed E-state index contributed by atoms with van der Waals surface area (Å²) in [5, 5.41) is 51.3. The Morgan fingerprint density at radius 3 is 2.25 bits per heavy atom. The number of carbonyl (C=O) groups is 1. The lowest BCUT2D eigenvalue weighted by molar-refractivity contribution is -0.137. The Kier molecular flexibility index (Phi) is 8.73. The first kappa shape index (κ1) is 29.9. The topological polar surface area (TPSA) is 187 Å². The summed E-state index contributed by atoms with van der Waals surface area (Å²) < 4.78 is 7.31. The van der Waals surface area contributed by atoms with Gasteiger partial charge in [-0.25, -0.2) is 4.98 Å². The number of rotatable bonds is 10. The van der Waals surface area contributed by atoms with Gasteiger partial charge in [0.15, 0.2) is 29.3 Å². The first-order valence-electron chi connectivity index (χ1n) is 14.9. The van der Waals surface area contributed by atoms with Gasteiger partial charge in [0, 0.05) is 19.0 Å². The molecule has 0 radical (unpaired) electrons. The van der Waals surface area contributed by atoms with Crippen molar-refractivity contribution in [3.63, 3.8) is 0 Å². The molecule has 1 aliphatic heterocycles. The maximum absolute atomic E-state index is 12.5. The van der Waals surface area contributed by atoms with E-state index in [1.807, 2.05) is 36.4 Å². The van der Waals surface area contributed by atoms with Crippen LogP contribution in [0.5, 0.6) is 0 Å². The van der Waals surface area contributed by atoms with Crippen molar-refractivity contribution in [1.82, 2.24) is 24.8 Å². The summed E-state index contributed by atoms with van der Waals surface area (Å²) in [6, 6.07) is 19.7. The lowest BCUT2D eigenvalue weighted by atomic mass is 9.91. The standard InChI is InChI=1S/C31H37N7O6/c1-2-32-29(43)26-24(41)25(42)30(44-26)38-16-34-22-27(36-31(37-28(22)38)35-20-13-14-21(39)23(20)40)33-15-19(17-9-5-3-6-10-17)18-11-7-4-8-12-18/h3-12,16,19-21,23-26,30,39-42H,2,13-15H2,1H3,(H,32,43)(H2,33,35,36,37)/t20?,21?,23?,24-,25+,26+,30+/m1/s1. The third kappa shape index (κ3) is 5.84. The second-order valence-electron chi connectivity index (χ2n) is 11.2. The summed E-state index contributed by atoms with van der Waals surface area (Å²) in [4.78, 5) is 26.4. The third-order valence-corrected chi connectivity index (χ3v) is 8.32. The van der Waals surface area contributed by atoms with Gasteiger partial charge in [-0.05, 0) is 30.9 Å². The minimum Gasteiger partial charge on any atom is -0.390 e. The Labute approximate surface area is 254 Å². The molecule has 0 spiro atoms. The van der Waals surface area contributed by atoms with Crippen molar-refractivity contribution in [3.05, 3.63) is 78.1 Å². The number of amides is 1. The zero-order valence-corrected chi connectivity index (χ0v) is 24.2. The van der Waals surface area contributed by atoms with Gasteiger partial charge in [-0.1, -0.05) is 60.7 Å². The number of carbonyl (C=O) groups excluding carboxylic acids is 1. The first-order valence-corrected chi connectivity index (χ1v) is 14.9. The molecule has 232 valence electrons. The molecule has 3 unspecified atom stereocenters. The van der Waals surface area contributed by atoms with E-state index in [9.17, 15) is 25.2 Å². The van der Waals surface area contributed by atoms with Crippen LogP contribution < -0.4 is 16.0 Å². The summed E-state index contributed by atoms with van der Waals surface area (Å²) in [7, 11) is 0. The molecule has 1 saturated heterocycles. The number of ether oxygens (including phenoxy) is 1. The maximum atomic E-state index is 12.5. The first-order chi connectivity index (χ1) is 21.4. The number of nitrogens with one attached hydrogen (secondary N) is 3. The molecule has 13 nitrogen and oxygen atoms in total. The van der Waals surface area contributed by atoms with Gasteiger partial charge in [-0.2, -0.15) is 9.97 Å². The quantitative estimate of drug-likeness (QED) is 0.138. The Bertz CT molecular complexity index is 1530. The molecule has 1 amide bonds. The molecule has 44 heavy (non-hydrogen) atoms. The van der Waals surface area contributed by atoms with Gasteiger partial charge in [0.1, 0.15) is 12.2 Å². The Morgan fingerprint density at radius 1 is 0.955 bits per heavy atom. The fraction of sp³-hybridized carbons (Fsp3) is 0.419. The van der Waals surface area contributed by atoms with Gasteiger partial charge >= 0.3 is 0 Å². The molecule has 2 fully saturated rings. The van der Waals surface area contributed by atoms with Crippen molar-refractivity contribution in [2.45, 2.75) is 68.5 Å². The van der Waals surface area contributed by atoms with Gasteiger partial charge in [0.2, 0.25) is 5.95 Å². The normalized spacial score (nSPS) is 26.7. The molecule has 0 bridgehead atoms. The highest BCUT2D eigenvalue weighted by Crippen LogP contribution is 2.34. The zero-order chi connectivity index (χ0) is 30.8. The van der Waals surface area contributed by atoms with E-state index in [0.717, 1.165) is 11.1 Å². The van der Waals surface area contributed by atoms with Crippen molar-refractivity contribution in [2.75, 3.05) is 23.7 Å². The maximum Gasteiger partial charge on any atom is 0.252 e. The summed E-state index contributed by atoms with van der Waals surface area (Å²) in [6.07, 6.45) is -4.81. The number of anilines is 2. The summed E-state index contributed by atoms with van der Waals surface area (Å²) in [6.45, 7) is 2.54. The number of aliphatic hydroxyl groups excluding tert-OH is 4. The molecule has 1 aliphatic carbocycles. The van der Waals surface area contributed by atoms with Crippen molar-refractivity contribution >= 4 is 28.8 Å². The van der Waals surface area contributed by atoms with Gasteiger partial charge in [-0.15, -0.1) is 0 Å².